The van der Waals surface area contributed by atoms with Crippen LogP contribution in [-0.4, -0.2) is 29.0 Å². The number of thioether (sulfide) groups is 1. The molecule has 1 aromatic heterocycles. The van der Waals surface area contributed by atoms with Gasteiger partial charge in [0.25, 0.3) is 0 Å². The maximum Gasteiger partial charge on any atom is 0.320 e. The molecule has 0 aromatic carbocycles. The highest BCUT2D eigenvalue weighted by Gasteiger charge is 2.29. The highest BCUT2D eigenvalue weighted by Crippen LogP contribution is 2.41. The van der Waals surface area contributed by atoms with E-state index in [2.05, 4.69) is 9.97 Å². The number of hydrogen-bond acceptors (Lipinski definition) is 5. The second-order valence-electron chi connectivity index (χ2n) is 2.58. The Kier molecular flexibility index (Phi) is 2.16. The average molecular weight is 212 g/mol. The van der Waals surface area contributed by atoms with Gasteiger partial charge in [0.2, 0.25) is 5.88 Å². The van der Waals surface area contributed by atoms with Crippen LogP contribution in [-0.2, 0) is 0 Å². The fourth-order valence-corrected chi connectivity index (χ4v) is 2.16. The summed E-state index contributed by atoms with van der Waals surface area (Å²) in [4.78, 5) is 20.4. The molecular weight excluding hydrogens is 204 g/mol. The molecule has 1 aliphatic heterocycles. The van der Waals surface area contributed by atoms with Crippen LogP contribution in [0.1, 0.15) is 0 Å². The molecule has 6 nitrogen and oxygen atoms in total. The first kappa shape index (κ1) is 9.07. The van der Waals surface area contributed by atoms with Crippen LogP contribution in [0.3, 0.4) is 0 Å². The van der Waals surface area contributed by atoms with E-state index < -0.39 is 6.03 Å². The van der Waals surface area contributed by atoms with Gasteiger partial charge < -0.3 is 10.5 Å². The largest absolute Gasteiger partial charge is 0.479 e. The summed E-state index contributed by atoms with van der Waals surface area (Å²) in [7, 11) is 1.49. The maximum absolute atomic E-state index is 11.1. The molecule has 74 valence electrons. The van der Waals surface area contributed by atoms with Gasteiger partial charge in [-0.25, -0.2) is 9.78 Å². The van der Waals surface area contributed by atoms with Gasteiger partial charge in [-0.1, -0.05) is 11.8 Å². The van der Waals surface area contributed by atoms with E-state index in [-0.39, 0.29) is 0 Å². The van der Waals surface area contributed by atoms with E-state index in [1.165, 1.54) is 30.1 Å². The Morgan fingerprint density at radius 3 is 3.14 bits per heavy atom. The zero-order chi connectivity index (χ0) is 10.1. The molecule has 2 heterocycles. The van der Waals surface area contributed by atoms with E-state index in [1.54, 1.807) is 0 Å². The fourth-order valence-electron chi connectivity index (χ4n) is 1.20. The number of hydrogen-bond donors (Lipinski definition) is 1. The summed E-state index contributed by atoms with van der Waals surface area (Å²) in [6.07, 6.45) is 1.40. The molecule has 0 saturated heterocycles. The Labute approximate surface area is 84.5 Å². The van der Waals surface area contributed by atoms with Crippen molar-refractivity contribution in [1.82, 2.24) is 9.97 Å². The molecule has 14 heavy (non-hydrogen) atoms. The van der Waals surface area contributed by atoms with E-state index in [0.717, 1.165) is 5.03 Å². The number of primary amides is 1. The molecule has 1 aliphatic rings. The van der Waals surface area contributed by atoms with Crippen molar-refractivity contribution in [3.8, 4) is 5.88 Å². The normalized spacial score (nSPS) is 13.9. The summed E-state index contributed by atoms with van der Waals surface area (Å²) in [6.45, 7) is 0. The Morgan fingerprint density at radius 1 is 1.71 bits per heavy atom. The second-order valence-corrected chi connectivity index (χ2v) is 3.51. The molecule has 2 rings (SSSR count). The van der Waals surface area contributed by atoms with Gasteiger partial charge in [0.05, 0.1) is 13.0 Å². The van der Waals surface area contributed by atoms with Gasteiger partial charge in [0, 0.05) is 0 Å². The lowest BCUT2D eigenvalue weighted by Gasteiger charge is -2.13. The lowest BCUT2D eigenvalue weighted by molar-refractivity contribution is 0.254. The molecular formula is C7H8N4O2S. The number of nitrogens with two attached hydrogens (primary N) is 1. The first-order valence-corrected chi connectivity index (χ1v) is 4.81. The molecule has 1 aromatic rings. The van der Waals surface area contributed by atoms with Crippen molar-refractivity contribution >= 4 is 23.5 Å². The number of methoxy groups -OCH3 is 1. The Bertz CT molecular complexity index is 384. The molecule has 0 radical (unpaired) electrons. The molecule has 7 heteroatoms. The van der Waals surface area contributed by atoms with Crippen molar-refractivity contribution in [3.63, 3.8) is 0 Å². The number of aromatic nitrogens is 2. The van der Waals surface area contributed by atoms with E-state index >= 15 is 0 Å². The van der Waals surface area contributed by atoms with Gasteiger partial charge in [0.15, 0.2) is 0 Å². The Hall–Kier alpha value is -1.50. The molecule has 0 bridgehead atoms. The first-order valence-electron chi connectivity index (χ1n) is 3.83. The van der Waals surface area contributed by atoms with Crippen LogP contribution < -0.4 is 15.4 Å². The van der Waals surface area contributed by atoms with Crippen LogP contribution in [0.15, 0.2) is 11.4 Å². The number of amides is 2. The number of carbonyl (C=O) groups is 1. The molecule has 0 aliphatic carbocycles. The predicted molar refractivity (Wildman–Crippen MR) is 51.4 cm³/mol. The number of nitrogens with zero attached hydrogens (tertiary/aromatic N) is 3. The van der Waals surface area contributed by atoms with Crippen LogP contribution >= 0.6 is 11.8 Å². The van der Waals surface area contributed by atoms with Crippen molar-refractivity contribution in [2.75, 3.05) is 17.9 Å². The number of ether oxygens (including phenoxy) is 1. The maximum atomic E-state index is 11.1. The van der Waals surface area contributed by atoms with Crippen LogP contribution in [0.5, 0.6) is 5.88 Å². The van der Waals surface area contributed by atoms with Crippen molar-refractivity contribution in [1.29, 1.82) is 0 Å². The highest BCUT2D eigenvalue weighted by molar-refractivity contribution is 7.99. The Balaban J connectivity index is 2.50. The van der Waals surface area contributed by atoms with E-state index in [1.807, 2.05) is 0 Å². The lowest BCUT2D eigenvalue weighted by atomic mass is 10.4. The number of urea groups is 1. The SMILES string of the molecule is COc1ncnc2c1N(C(N)=O)CS2. The van der Waals surface area contributed by atoms with Gasteiger partial charge in [-0.05, 0) is 0 Å². The molecule has 0 atom stereocenters. The van der Waals surface area contributed by atoms with Gasteiger partial charge in [-0.15, -0.1) is 0 Å². The number of fused-ring (bicyclic) bond motifs is 1. The minimum atomic E-state index is -0.524. The molecule has 0 unspecified atom stereocenters. The van der Waals surface area contributed by atoms with Gasteiger partial charge >= 0.3 is 6.03 Å². The minimum Gasteiger partial charge on any atom is -0.479 e. The van der Waals surface area contributed by atoms with Gasteiger partial charge in [0.1, 0.15) is 17.0 Å². The summed E-state index contributed by atoms with van der Waals surface area (Å²) in [5.74, 6) is 0.832. The highest BCUT2D eigenvalue weighted by atomic mass is 32.2. The van der Waals surface area contributed by atoms with E-state index in [9.17, 15) is 4.79 Å². The summed E-state index contributed by atoms with van der Waals surface area (Å²) < 4.78 is 5.02. The quantitative estimate of drug-likeness (QED) is 0.683. The summed E-state index contributed by atoms with van der Waals surface area (Å²) in [5, 5.41) is 0.718. The topological polar surface area (TPSA) is 81.3 Å². The molecule has 2 amide bonds. The van der Waals surface area contributed by atoms with Crippen LogP contribution in [0.4, 0.5) is 10.5 Å². The monoisotopic (exact) mass is 212 g/mol. The van der Waals surface area contributed by atoms with Crippen molar-refractivity contribution < 1.29 is 9.53 Å². The van der Waals surface area contributed by atoms with E-state index in [4.69, 9.17) is 10.5 Å². The number of carbonyl (C=O) groups excluding carboxylic acids is 1. The average Bonchev–Trinajstić information content (AvgIpc) is 2.60. The van der Waals surface area contributed by atoms with Crippen LogP contribution in [0, 0.1) is 0 Å². The lowest BCUT2D eigenvalue weighted by Crippen LogP contribution is -2.33. The van der Waals surface area contributed by atoms with Crippen molar-refractivity contribution in [3.05, 3.63) is 6.33 Å². The fraction of sp³-hybridized carbons (Fsp3) is 0.286. The Morgan fingerprint density at radius 2 is 2.50 bits per heavy atom. The molecule has 0 fully saturated rings. The third-order valence-corrected chi connectivity index (χ3v) is 2.77. The van der Waals surface area contributed by atoms with Crippen molar-refractivity contribution in [2.45, 2.75) is 5.03 Å². The number of anilines is 1. The molecule has 2 N–H and O–H groups in total. The first-order chi connectivity index (χ1) is 6.74. The predicted octanol–water partition coefficient (Wildman–Crippen LogP) is 0.434. The third-order valence-electron chi connectivity index (χ3n) is 1.81. The number of rotatable bonds is 1. The molecule has 0 saturated carbocycles. The van der Waals surface area contributed by atoms with Crippen molar-refractivity contribution in [2.24, 2.45) is 5.73 Å². The molecule has 0 spiro atoms. The summed E-state index contributed by atoms with van der Waals surface area (Å²) in [6, 6.07) is -0.524. The van der Waals surface area contributed by atoms with Crippen LogP contribution in [0.25, 0.3) is 0 Å². The smallest absolute Gasteiger partial charge is 0.320 e. The van der Waals surface area contributed by atoms with Crippen LogP contribution in [0.2, 0.25) is 0 Å². The zero-order valence-electron chi connectivity index (χ0n) is 7.43. The second kappa shape index (κ2) is 3.33. The zero-order valence-corrected chi connectivity index (χ0v) is 8.24. The standard InChI is InChI=1S/C7H8N4O2S/c1-13-5-4-6(10-2-9-5)14-3-11(4)7(8)12/h2H,3H2,1H3,(H2,8,12). The van der Waals surface area contributed by atoms with Gasteiger partial charge in [-0.2, -0.15) is 4.98 Å². The minimum absolute atomic E-state index is 0.374. The third kappa shape index (κ3) is 1.25. The summed E-state index contributed by atoms with van der Waals surface area (Å²) >= 11 is 1.43. The summed E-state index contributed by atoms with van der Waals surface area (Å²) in [5.41, 5.74) is 5.76. The van der Waals surface area contributed by atoms with Gasteiger partial charge in [-0.3, -0.25) is 4.90 Å². The van der Waals surface area contributed by atoms with E-state index in [0.29, 0.717) is 17.4 Å².